The minimum absolute atomic E-state index is 0.0727. The Bertz CT molecular complexity index is 1600. The molecule has 0 unspecified atom stereocenters. The molecule has 9 nitrogen and oxygen atoms in total. The lowest BCUT2D eigenvalue weighted by Gasteiger charge is -2.13. The minimum Gasteiger partial charge on any atom is -0.490 e. The summed E-state index contributed by atoms with van der Waals surface area (Å²) in [4.78, 5) is 10.9. The first-order valence-corrected chi connectivity index (χ1v) is 14.6. The maximum atomic E-state index is 13.0. The average Bonchev–Trinajstić information content (AvgIpc) is 3.41. The number of carboxylic acids is 1. The second kappa shape index (κ2) is 11.0. The van der Waals surface area contributed by atoms with Gasteiger partial charge in [0.25, 0.3) is 10.0 Å². The van der Waals surface area contributed by atoms with Crippen LogP contribution in [0.2, 0.25) is 0 Å². The predicted molar refractivity (Wildman–Crippen MR) is 138 cm³/mol. The van der Waals surface area contributed by atoms with Crippen LogP contribution in [-0.4, -0.2) is 41.1 Å². The number of ether oxygens (including phenoxy) is 2. The number of carboxylic acid groups (broad SMARTS) is 1. The summed E-state index contributed by atoms with van der Waals surface area (Å²) in [6.45, 7) is 0.205. The van der Waals surface area contributed by atoms with E-state index in [1.165, 1.54) is 47.8 Å². The summed E-state index contributed by atoms with van der Waals surface area (Å²) in [5.74, 6) is -0.323. The van der Waals surface area contributed by atoms with Gasteiger partial charge in [-0.1, -0.05) is 30.3 Å². The van der Waals surface area contributed by atoms with E-state index in [1.54, 1.807) is 36.4 Å². The van der Waals surface area contributed by atoms with E-state index in [-0.39, 0.29) is 44.2 Å². The van der Waals surface area contributed by atoms with Gasteiger partial charge in [-0.2, -0.15) is 0 Å². The van der Waals surface area contributed by atoms with Gasteiger partial charge < -0.3 is 14.6 Å². The normalized spacial score (nSPS) is 11.6. The number of sulfonamides is 1. The number of anilines is 1. The van der Waals surface area contributed by atoms with Crippen LogP contribution in [0, 0.1) is 0 Å². The maximum absolute atomic E-state index is 13.0. The topological polar surface area (TPSA) is 136 Å². The Morgan fingerprint density at radius 3 is 2.16 bits per heavy atom. The fourth-order valence-electron chi connectivity index (χ4n) is 3.19. The third-order valence-electron chi connectivity index (χ3n) is 5.02. The standard InChI is InChI=1S/C25H21NO8S3/c27-25(28)18-10-12-19(13-11-18)33-14-15-34-23-9-5-4-8-22(23)26-37(31,32)24-16-21(17-35-24)36(29,30)20-6-2-1-3-7-20/h1-13,16-17,26H,14-15H2,(H,27,28). The zero-order valence-electron chi connectivity index (χ0n) is 19.1. The van der Waals surface area contributed by atoms with E-state index in [0.29, 0.717) is 5.75 Å². The predicted octanol–water partition coefficient (Wildman–Crippen LogP) is 4.54. The monoisotopic (exact) mass is 559 g/mol. The van der Waals surface area contributed by atoms with Gasteiger partial charge >= 0.3 is 5.97 Å². The van der Waals surface area contributed by atoms with Crippen molar-refractivity contribution in [2.75, 3.05) is 17.9 Å². The molecular weight excluding hydrogens is 538 g/mol. The van der Waals surface area contributed by atoms with E-state index in [9.17, 15) is 21.6 Å². The molecule has 4 aromatic rings. The number of benzene rings is 3. The van der Waals surface area contributed by atoms with E-state index in [1.807, 2.05) is 0 Å². The molecule has 2 N–H and O–H groups in total. The molecule has 0 radical (unpaired) electrons. The molecule has 0 aliphatic heterocycles. The number of sulfone groups is 1. The van der Waals surface area contributed by atoms with Gasteiger partial charge in [-0.15, -0.1) is 11.3 Å². The Labute approximate surface area is 217 Å². The molecule has 0 bridgehead atoms. The van der Waals surface area contributed by atoms with Crippen LogP contribution in [0.15, 0.2) is 104 Å². The molecule has 4 rings (SSSR count). The molecule has 0 fully saturated rings. The van der Waals surface area contributed by atoms with Gasteiger partial charge in [0.2, 0.25) is 9.84 Å². The number of aromatic carboxylic acids is 1. The summed E-state index contributed by atoms with van der Waals surface area (Å²) in [7, 11) is -7.95. The van der Waals surface area contributed by atoms with Crippen LogP contribution in [0.4, 0.5) is 5.69 Å². The van der Waals surface area contributed by atoms with Crippen molar-refractivity contribution in [1.29, 1.82) is 0 Å². The third-order valence-corrected chi connectivity index (χ3v) is 9.73. The Hall–Kier alpha value is -3.87. The molecule has 1 aromatic heterocycles. The molecule has 37 heavy (non-hydrogen) atoms. The first-order chi connectivity index (χ1) is 17.7. The van der Waals surface area contributed by atoms with E-state index in [4.69, 9.17) is 14.6 Å². The molecule has 0 spiro atoms. The summed E-state index contributed by atoms with van der Waals surface area (Å²) >= 11 is 0.798. The number of hydrogen-bond acceptors (Lipinski definition) is 8. The van der Waals surface area contributed by atoms with Gasteiger partial charge in [0.15, 0.2) is 0 Å². The lowest BCUT2D eigenvalue weighted by molar-refractivity contribution is 0.0696. The highest BCUT2D eigenvalue weighted by molar-refractivity contribution is 7.95. The third kappa shape index (κ3) is 6.28. The average molecular weight is 560 g/mol. The van der Waals surface area contributed by atoms with E-state index >= 15 is 0 Å². The molecule has 12 heteroatoms. The molecule has 3 aromatic carbocycles. The van der Waals surface area contributed by atoms with E-state index < -0.39 is 25.8 Å². The minimum atomic E-state index is -4.10. The summed E-state index contributed by atoms with van der Waals surface area (Å²) < 4.78 is 65.1. The Balaban J connectivity index is 1.41. The van der Waals surface area contributed by atoms with Gasteiger partial charge in [0.1, 0.15) is 28.9 Å². The van der Waals surface area contributed by atoms with Crippen molar-refractivity contribution in [1.82, 2.24) is 0 Å². The van der Waals surface area contributed by atoms with Crippen LogP contribution >= 0.6 is 11.3 Å². The fraction of sp³-hybridized carbons (Fsp3) is 0.0800. The van der Waals surface area contributed by atoms with Crippen molar-refractivity contribution in [3.63, 3.8) is 0 Å². The maximum Gasteiger partial charge on any atom is 0.335 e. The number of rotatable bonds is 11. The second-order valence-corrected chi connectivity index (χ2v) is 12.3. The lowest BCUT2D eigenvalue weighted by atomic mass is 10.2. The highest BCUT2D eigenvalue weighted by Crippen LogP contribution is 2.31. The second-order valence-electron chi connectivity index (χ2n) is 7.55. The molecule has 1 heterocycles. The largest absolute Gasteiger partial charge is 0.490 e. The van der Waals surface area contributed by atoms with Crippen LogP contribution in [0.5, 0.6) is 11.5 Å². The summed E-state index contributed by atoms with van der Waals surface area (Å²) in [6, 6.07) is 21.2. The summed E-state index contributed by atoms with van der Waals surface area (Å²) in [5.41, 5.74) is 0.314. The lowest BCUT2D eigenvalue weighted by Crippen LogP contribution is -2.14. The van der Waals surface area contributed by atoms with Gasteiger partial charge in [0.05, 0.1) is 21.0 Å². The fourth-order valence-corrected chi connectivity index (χ4v) is 7.17. The Morgan fingerprint density at radius 2 is 1.46 bits per heavy atom. The SMILES string of the molecule is O=C(O)c1ccc(OCCOc2ccccc2NS(=O)(=O)c2cc(S(=O)(=O)c3ccccc3)cs2)cc1. The Morgan fingerprint density at radius 1 is 0.811 bits per heavy atom. The molecule has 0 saturated heterocycles. The summed E-state index contributed by atoms with van der Waals surface area (Å²) in [5, 5.41) is 10.2. The smallest absolute Gasteiger partial charge is 0.335 e. The molecule has 0 aliphatic rings. The first kappa shape index (κ1) is 26.2. The van der Waals surface area contributed by atoms with Gasteiger partial charge in [-0.3, -0.25) is 4.72 Å². The van der Waals surface area contributed by atoms with Crippen molar-refractivity contribution < 1.29 is 36.2 Å². The molecule has 0 amide bonds. The number of para-hydroxylation sites is 2. The van der Waals surface area contributed by atoms with Crippen molar-refractivity contribution in [2.24, 2.45) is 0 Å². The number of thiophene rings is 1. The van der Waals surface area contributed by atoms with Crippen LogP contribution < -0.4 is 14.2 Å². The molecular formula is C25H21NO8S3. The first-order valence-electron chi connectivity index (χ1n) is 10.8. The number of carbonyl (C=O) groups is 1. The van der Waals surface area contributed by atoms with Crippen LogP contribution in [0.25, 0.3) is 0 Å². The van der Waals surface area contributed by atoms with Crippen LogP contribution in [0.3, 0.4) is 0 Å². The van der Waals surface area contributed by atoms with Crippen LogP contribution in [-0.2, 0) is 19.9 Å². The molecule has 0 saturated carbocycles. The van der Waals surface area contributed by atoms with Crippen LogP contribution in [0.1, 0.15) is 10.4 Å². The van der Waals surface area contributed by atoms with Crippen molar-refractivity contribution in [2.45, 2.75) is 14.0 Å². The highest BCUT2D eigenvalue weighted by atomic mass is 32.2. The zero-order valence-corrected chi connectivity index (χ0v) is 21.6. The highest BCUT2D eigenvalue weighted by Gasteiger charge is 2.24. The number of hydrogen-bond donors (Lipinski definition) is 2. The van der Waals surface area contributed by atoms with E-state index in [2.05, 4.69) is 4.72 Å². The molecule has 192 valence electrons. The van der Waals surface area contributed by atoms with Crippen molar-refractivity contribution >= 4 is 42.9 Å². The molecule has 0 atom stereocenters. The molecule has 0 aliphatic carbocycles. The van der Waals surface area contributed by atoms with Crippen molar-refractivity contribution in [3.05, 3.63) is 95.9 Å². The van der Waals surface area contributed by atoms with Gasteiger partial charge in [-0.25, -0.2) is 21.6 Å². The summed E-state index contributed by atoms with van der Waals surface area (Å²) in [6.07, 6.45) is 0. The van der Waals surface area contributed by atoms with E-state index in [0.717, 1.165) is 17.4 Å². The van der Waals surface area contributed by atoms with Crippen molar-refractivity contribution in [3.8, 4) is 11.5 Å². The van der Waals surface area contributed by atoms with Gasteiger partial charge in [0, 0.05) is 5.38 Å². The Kier molecular flexibility index (Phi) is 7.81. The quantitative estimate of drug-likeness (QED) is 0.256. The zero-order chi connectivity index (χ0) is 26.5. The van der Waals surface area contributed by atoms with Gasteiger partial charge in [-0.05, 0) is 54.6 Å². The number of nitrogens with one attached hydrogen (secondary N) is 1.